The van der Waals surface area contributed by atoms with Crippen molar-refractivity contribution in [1.82, 2.24) is 5.43 Å². The maximum atomic E-state index is 5.93. The molecule has 1 unspecified atom stereocenters. The number of nitrogens with two attached hydrogens (primary N) is 1. The summed E-state index contributed by atoms with van der Waals surface area (Å²) in [6.07, 6.45) is 3.92. The first-order valence-corrected chi connectivity index (χ1v) is 6.29. The van der Waals surface area contributed by atoms with Gasteiger partial charge in [-0.15, -0.1) is 0 Å². The second kappa shape index (κ2) is 8.93. The molecule has 0 aliphatic heterocycles. The minimum Gasteiger partial charge on any atom is -0.385 e. The first-order chi connectivity index (χ1) is 7.70. The van der Waals surface area contributed by atoms with Gasteiger partial charge in [0.15, 0.2) is 0 Å². The van der Waals surface area contributed by atoms with Crippen molar-refractivity contribution in [3.63, 3.8) is 0 Å². The van der Waals surface area contributed by atoms with Gasteiger partial charge in [-0.2, -0.15) is 0 Å². The van der Waals surface area contributed by atoms with E-state index in [1.807, 2.05) is 6.92 Å². The van der Waals surface area contributed by atoms with Gasteiger partial charge in [-0.25, -0.2) is 0 Å². The van der Waals surface area contributed by atoms with Crippen LogP contribution in [0.3, 0.4) is 0 Å². The van der Waals surface area contributed by atoms with Crippen molar-refractivity contribution in [3.8, 4) is 0 Å². The molecule has 1 atom stereocenters. The van der Waals surface area contributed by atoms with E-state index < -0.39 is 0 Å². The maximum Gasteiger partial charge on any atom is 0.0842 e. The summed E-state index contributed by atoms with van der Waals surface area (Å²) in [4.78, 5) is 0. The van der Waals surface area contributed by atoms with Crippen LogP contribution in [0.4, 0.5) is 0 Å². The molecule has 0 bridgehead atoms. The van der Waals surface area contributed by atoms with Crippen molar-refractivity contribution < 1.29 is 9.47 Å². The number of hydrogen-bond acceptors (Lipinski definition) is 4. The standard InChI is InChI=1S/C12H28N2O2/c1-5-12(6-2,16-7-3)11(14-13)9-8-10-15-4/h11,14H,5-10,13H2,1-4H3. The average Bonchev–Trinajstić information content (AvgIpc) is 2.32. The summed E-state index contributed by atoms with van der Waals surface area (Å²) >= 11 is 0. The molecular formula is C12H28N2O2. The van der Waals surface area contributed by atoms with Crippen molar-refractivity contribution in [3.05, 3.63) is 0 Å². The summed E-state index contributed by atoms with van der Waals surface area (Å²) in [5.41, 5.74) is 2.77. The highest BCUT2D eigenvalue weighted by atomic mass is 16.5. The van der Waals surface area contributed by atoms with Crippen molar-refractivity contribution in [2.24, 2.45) is 5.84 Å². The molecule has 0 amide bonds. The van der Waals surface area contributed by atoms with Crippen LogP contribution in [0.15, 0.2) is 0 Å². The Morgan fingerprint density at radius 2 is 1.88 bits per heavy atom. The summed E-state index contributed by atoms with van der Waals surface area (Å²) < 4.78 is 11.0. The topological polar surface area (TPSA) is 56.5 Å². The molecule has 0 saturated heterocycles. The Balaban J connectivity index is 4.43. The first kappa shape index (κ1) is 15.8. The second-order valence-electron chi connectivity index (χ2n) is 4.06. The molecule has 0 heterocycles. The van der Waals surface area contributed by atoms with E-state index in [0.717, 1.165) is 38.9 Å². The van der Waals surface area contributed by atoms with Gasteiger partial charge < -0.3 is 9.47 Å². The fraction of sp³-hybridized carbons (Fsp3) is 1.00. The fourth-order valence-electron chi connectivity index (χ4n) is 2.27. The van der Waals surface area contributed by atoms with E-state index in [9.17, 15) is 0 Å². The van der Waals surface area contributed by atoms with Gasteiger partial charge in [-0.3, -0.25) is 11.3 Å². The Labute approximate surface area is 99.8 Å². The summed E-state index contributed by atoms with van der Waals surface area (Å²) in [5.74, 6) is 5.65. The van der Waals surface area contributed by atoms with Crippen LogP contribution in [0.5, 0.6) is 0 Å². The predicted octanol–water partition coefficient (Wildman–Crippen LogP) is 1.84. The third-order valence-electron chi connectivity index (χ3n) is 3.31. The largest absolute Gasteiger partial charge is 0.385 e. The highest BCUT2D eigenvalue weighted by Crippen LogP contribution is 2.27. The van der Waals surface area contributed by atoms with Gasteiger partial charge in [0.05, 0.1) is 11.6 Å². The smallest absolute Gasteiger partial charge is 0.0842 e. The lowest BCUT2D eigenvalue weighted by Crippen LogP contribution is -2.54. The van der Waals surface area contributed by atoms with Crippen LogP contribution in [0.2, 0.25) is 0 Å². The number of methoxy groups -OCH3 is 1. The molecule has 4 heteroatoms. The van der Waals surface area contributed by atoms with Crippen LogP contribution in [-0.2, 0) is 9.47 Å². The Bertz CT molecular complexity index is 161. The molecule has 0 radical (unpaired) electrons. The van der Waals surface area contributed by atoms with Crippen molar-refractivity contribution in [2.75, 3.05) is 20.3 Å². The maximum absolute atomic E-state index is 5.93. The lowest BCUT2D eigenvalue weighted by atomic mass is 9.86. The average molecular weight is 232 g/mol. The lowest BCUT2D eigenvalue weighted by molar-refractivity contribution is -0.0749. The van der Waals surface area contributed by atoms with Gasteiger partial charge in [-0.05, 0) is 32.6 Å². The van der Waals surface area contributed by atoms with E-state index in [1.54, 1.807) is 7.11 Å². The van der Waals surface area contributed by atoms with E-state index in [1.165, 1.54) is 0 Å². The van der Waals surface area contributed by atoms with E-state index in [2.05, 4.69) is 19.3 Å². The van der Waals surface area contributed by atoms with Crippen LogP contribution in [-0.4, -0.2) is 32.0 Å². The Kier molecular flexibility index (Phi) is 8.84. The van der Waals surface area contributed by atoms with Crippen LogP contribution in [0.1, 0.15) is 46.5 Å². The van der Waals surface area contributed by atoms with Crippen molar-refractivity contribution >= 4 is 0 Å². The fourth-order valence-corrected chi connectivity index (χ4v) is 2.27. The molecule has 0 rings (SSSR count). The first-order valence-electron chi connectivity index (χ1n) is 6.29. The minimum atomic E-state index is -0.142. The van der Waals surface area contributed by atoms with Gasteiger partial charge in [0.2, 0.25) is 0 Å². The lowest BCUT2D eigenvalue weighted by Gasteiger charge is -2.39. The quantitative estimate of drug-likeness (QED) is 0.343. The van der Waals surface area contributed by atoms with Gasteiger partial charge in [0.25, 0.3) is 0 Å². The summed E-state index contributed by atoms with van der Waals surface area (Å²) in [6, 6.07) is 0.192. The molecule has 16 heavy (non-hydrogen) atoms. The molecule has 0 aliphatic rings. The molecule has 98 valence electrons. The monoisotopic (exact) mass is 232 g/mol. The van der Waals surface area contributed by atoms with Crippen LogP contribution < -0.4 is 11.3 Å². The molecule has 0 saturated carbocycles. The zero-order valence-electron chi connectivity index (χ0n) is 11.2. The van der Waals surface area contributed by atoms with E-state index in [4.69, 9.17) is 15.3 Å². The third-order valence-corrected chi connectivity index (χ3v) is 3.31. The van der Waals surface area contributed by atoms with Gasteiger partial charge >= 0.3 is 0 Å². The Morgan fingerprint density at radius 3 is 2.25 bits per heavy atom. The predicted molar refractivity (Wildman–Crippen MR) is 67.2 cm³/mol. The molecule has 0 spiro atoms. The molecule has 3 N–H and O–H groups in total. The molecular weight excluding hydrogens is 204 g/mol. The molecule has 0 aliphatic carbocycles. The molecule has 0 aromatic rings. The van der Waals surface area contributed by atoms with E-state index in [-0.39, 0.29) is 11.6 Å². The van der Waals surface area contributed by atoms with Crippen LogP contribution in [0, 0.1) is 0 Å². The molecule has 0 aromatic heterocycles. The Hall–Kier alpha value is -0.160. The SMILES string of the molecule is CCOC(CC)(CC)C(CCCOC)NN. The summed E-state index contributed by atoms with van der Waals surface area (Å²) in [7, 11) is 1.72. The normalized spacial score (nSPS) is 14.1. The van der Waals surface area contributed by atoms with Crippen molar-refractivity contribution in [2.45, 2.75) is 58.1 Å². The number of nitrogens with one attached hydrogen (secondary N) is 1. The van der Waals surface area contributed by atoms with Crippen LogP contribution >= 0.6 is 0 Å². The van der Waals surface area contributed by atoms with Gasteiger partial charge in [0.1, 0.15) is 0 Å². The number of hydrazine groups is 1. The highest BCUT2D eigenvalue weighted by molar-refractivity contribution is 4.90. The number of ether oxygens (including phenoxy) is 2. The molecule has 0 aromatic carbocycles. The second-order valence-corrected chi connectivity index (χ2v) is 4.06. The van der Waals surface area contributed by atoms with E-state index >= 15 is 0 Å². The van der Waals surface area contributed by atoms with Crippen LogP contribution in [0.25, 0.3) is 0 Å². The third kappa shape index (κ3) is 4.37. The highest BCUT2D eigenvalue weighted by Gasteiger charge is 2.35. The summed E-state index contributed by atoms with van der Waals surface area (Å²) in [6.45, 7) is 7.83. The molecule has 0 fully saturated rings. The number of rotatable bonds is 10. The molecule has 4 nitrogen and oxygen atoms in total. The van der Waals surface area contributed by atoms with Crippen molar-refractivity contribution in [1.29, 1.82) is 0 Å². The zero-order valence-corrected chi connectivity index (χ0v) is 11.2. The van der Waals surface area contributed by atoms with E-state index in [0.29, 0.717) is 0 Å². The minimum absolute atomic E-state index is 0.142. The van der Waals surface area contributed by atoms with Gasteiger partial charge in [0, 0.05) is 20.3 Å². The van der Waals surface area contributed by atoms with Gasteiger partial charge in [-0.1, -0.05) is 13.8 Å². The number of hydrogen-bond donors (Lipinski definition) is 2. The zero-order chi connectivity index (χ0) is 12.4. The summed E-state index contributed by atoms with van der Waals surface area (Å²) in [5, 5.41) is 0. The Morgan fingerprint density at radius 1 is 1.25 bits per heavy atom.